The van der Waals surface area contributed by atoms with E-state index in [1.807, 2.05) is 4.90 Å². The smallest absolute Gasteiger partial charge is 0.338 e. The lowest BCUT2D eigenvalue weighted by atomic mass is 9.97. The molecule has 0 unspecified atom stereocenters. The molecule has 2 amide bonds. The molecule has 2 atom stereocenters. The van der Waals surface area contributed by atoms with Crippen LogP contribution in [0.4, 0.5) is 5.69 Å². The normalized spacial score (nSPS) is 17.7. The second-order valence-corrected chi connectivity index (χ2v) is 8.07. The molecule has 33 heavy (non-hydrogen) atoms. The number of ether oxygens (including phenoxy) is 3. The van der Waals surface area contributed by atoms with Crippen molar-refractivity contribution in [2.75, 3.05) is 25.6 Å². The number of rotatable bonds is 8. The summed E-state index contributed by atoms with van der Waals surface area (Å²) in [5.74, 6) is -0.169. The molecule has 1 heterocycles. The molecular weight excluding hydrogens is 424 g/mol. The fraction of sp³-hybridized carbons (Fsp3) is 0.400. The van der Waals surface area contributed by atoms with Crippen LogP contribution in [0, 0.1) is 0 Å². The summed E-state index contributed by atoms with van der Waals surface area (Å²) in [6.45, 7) is 3.63. The quantitative estimate of drug-likeness (QED) is 0.612. The number of likely N-dealkylation sites (tertiary alicyclic amines) is 1. The van der Waals surface area contributed by atoms with Crippen molar-refractivity contribution in [1.82, 2.24) is 4.90 Å². The van der Waals surface area contributed by atoms with Crippen LogP contribution in [0.5, 0.6) is 11.5 Å². The summed E-state index contributed by atoms with van der Waals surface area (Å²) < 4.78 is 15.9. The molecule has 0 aromatic heterocycles. The first-order chi connectivity index (χ1) is 15.9. The number of carbonyl (C=O) groups excluding carboxylic acids is 3. The fourth-order valence-corrected chi connectivity index (χ4v) is 3.97. The predicted octanol–water partition coefficient (Wildman–Crippen LogP) is 3.66. The lowest BCUT2D eigenvalue weighted by Gasteiger charge is -2.38. The number of nitrogens with zero attached hydrogens (tertiary/aromatic N) is 1. The highest BCUT2D eigenvalue weighted by Crippen LogP contribution is 2.24. The van der Waals surface area contributed by atoms with Crippen LogP contribution in [0.2, 0.25) is 0 Å². The molecule has 0 saturated carbocycles. The van der Waals surface area contributed by atoms with Crippen LogP contribution < -0.4 is 14.8 Å². The molecule has 1 aliphatic rings. The lowest BCUT2D eigenvalue weighted by molar-refractivity contribution is -0.139. The summed E-state index contributed by atoms with van der Waals surface area (Å²) in [5.41, 5.74) is 0.766. The van der Waals surface area contributed by atoms with Gasteiger partial charge in [0.25, 0.3) is 11.8 Å². The van der Waals surface area contributed by atoms with Gasteiger partial charge in [-0.2, -0.15) is 0 Å². The van der Waals surface area contributed by atoms with Crippen molar-refractivity contribution in [2.45, 2.75) is 45.2 Å². The summed E-state index contributed by atoms with van der Waals surface area (Å²) in [6.07, 6.45) is 3.14. The number of para-hydroxylation sites is 2. The second kappa shape index (κ2) is 11.4. The topological polar surface area (TPSA) is 94.2 Å². The van der Waals surface area contributed by atoms with Gasteiger partial charge in [-0.1, -0.05) is 12.1 Å². The standard InChI is InChI=1S/C25H30N2O6/c1-17-7-6-8-18(2)27(17)24(29)16-32-20-13-11-19(12-14-20)25(30)33-15-23(28)26-21-9-4-5-10-22(21)31-3/h4-5,9-14,17-18H,6-8,15-16H2,1-3H3,(H,26,28)/t17-,18+. The molecule has 0 bridgehead atoms. The Morgan fingerprint density at radius 1 is 0.970 bits per heavy atom. The first-order valence-electron chi connectivity index (χ1n) is 11.0. The number of amides is 2. The van der Waals surface area contributed by atoms with Crippen LogP contribution >= 0.6 is 0 Å². The van der Waals surface area contributed by atoms with E-state index in [-0.39, 0.29) is 30.2 Å². The molecule has 3 rings (SSSR count). The van der Waals surface area contributed by atoms with Gasteiger partial charge in [-0.25, -0.2) is 4.79 Å². The number of anilines is 1. The fourth-order valence-electron chi connectivity index (χ4n) is 3.97. The summed E-state index contributed by atoms with van der Waals surface area (Å²) in [4.78, 5) is 38.8. The van der Waals surface area contributed by atoms with Crippen LogP contribution in [0.1, 0.15) is 43.5 Å². The molecule has 1 saturated heterocycles. The number of nitrogens with one attached hydrogen (secondary N) is 1. The van der Waals surface area contributed by atoms with E-state index < -0.39 is 18.5 Å². The van der Waals surface area contributed by atoms with Gasteiger partial charge in [-0.3, -0.25) is 9.59 Å². The van der Waals surface area contributed by atoms with Gasteiger partial charge in [0.05, 0.1) is 18.4 Å². The molecule has 1 N–H and O–H groups in total. The van der Waals surface area contributed by atoms with Crippen molar-refractivity contribution < 1.29 is 28.6 Å². The summed E-state index contributed by atoms with van der Waals surface area (Å²) >= 11 is 0. The number of methoxy groups -OCH3 is 1. The molecule has 176 valence electrons. The molecule has 1 aliphatic heterocycles. The minimum atomic E-state index is -0.635. The van der Waals surface area contributed by atoms with Crippen LogP contribution in [0.3, 0.4) is 0 Å². The zero-order valence-electron chi connectivity index (χ0n) is 19.2. The minimum absolute atomic E-state index is 0.0424. The Labute approximate surface area is 193 Å². The number of esters is 1. The lowest BCUT2D eigenvalue weighted by Crippen LogP contribution is -2.49. The molecule has 0 spiro atoms. The maximum Gasteiger partial charge on any atom is 0.338 e. The van der Waals surface area contributed by atoms with Crippen molar-refractivity contribution >= 4 is 23.5 Å². The van der Waals surface area contributed by atoms with E-state index in [1.54, 1.807) is 36.4 Å². The van der Waals surface area contributed by atoms with Gasteiger partial charge in [-0.15, -0.1) is 0 Å². The maximum absolute atomic E-state index is 12.6. The highest BCUT2D eigenvalue weighted by atomic mass is 16.5. The van der Waals surface area contributed by atoms with Crippen LogP contribution in [0.15, 0.2) is 48.5 Å². The molecule has 0 radical (unpaired) electrons. The van der Waals surface area contributed by atoms with Crippen molar-refractivity contribution in [3.8, 4) is 11.5 Å². The number of piperidine rings is 1. The molecule has 0 aliphatic carbocycles. The Hall–Kier alpha value is -3.55. The van der Waals surface area contributed by atoms with Gasteiger partial charge in [0.15, 0.2) is 13.2 Å². The molecule has 8 nitrogen and oxygen atoms in total. The van der Waals surface area contributed by atoms with Crippen LogP contribution in [-0.4, -0.2) is 55.1 Å². The monoisotopic (exact) mass is 454 g/mol. The van der Waals surface area contributed by atoms with E-state index in [2.05, 4.69) is 19.2 Å². The number of carbonyl (C=O) groups is 3. The van der Waals surface area contributed by atoms with E-state index in [0.717, 1.165) is 19.3 Å². The SMILES string of the molecule is COc1ccccc1NC(=O)COC(=O)c1ccc(OCC(=O)N2[C@H](C)CCC[C@@H]2C)cc1. The van der Waals surface area contributed by atoms with Gasteiger partial charge >= 0.3 is 5.97 Å². The van der Waals surface area contributed by atoms with Gasteiger partial charge in [0.2, 0.25) is 0 Å². The third-order valence-electron chi connectivity index (χ3n) is 5.65. The predicted molar refractivity (Wildman–Crippen MR) is 123 cm³/mol. The Bertz CT molecular complexity index is 965. The van der Waals surface area contributed by atoms with E-state index in [9.17, 15) is 14.4 Å². The Morgan fingerprint density at radius 3 is 2.30 bits per heavy atom. The average Bonchev–Trinajstić information content (AvgIpc) is 2.82. The Morgan fingerprint density at radius 2 is 1.64 bits per heavy atom. The number of hydrogen-bond donors (Lipinski definition) is 1. The second-order valence-electron chi connectivity index (χ2n) is 8.07. The average molecular weight is 455 g/mol. The number of benzene rings is 2. The Balaban J connectivity index is 1.46. The van der Waals surface area contributed by atoms with Gasteiger partial charge in [0, 0.05) is 12.1 Å². The van der Waals surface area contributed by atoms with Crippen molar-refractivity contribution in [2.24, 2.45) is 0 Å². The zero-order valence-corrected chi connectivity index (χ0v) is 19.2. The first kappa shape index (κ1) is 24.1. The summed E-state index contributed by atoms with van der Waals surface area (Å²) in [5, 5.41) is 2.64. The third-order valence-corrected chi connectivity index (χ3v) is 5.65. The van der Waals surface area contributed by atoms with E-state index in [0.29, 0.717) is 17.2 Å². The molecule has 8 heteroatoms. The van der Waals surface area contributed by atoms with E-state index in [1.165, 1.54) is 19.2 Å². The third kappa shape index (κ3) is 6.47. The summed E-state index contributed by atoms with van der Waals surface area (Å²) in [7, 11) is 1.50. The summed E-state index contributed by atoms with van der Waals surface area (Å²) in [6, 6.07) is 13.6. The first-order valence-corrected chi connectivity index (χ1v) is 11.0. The molecule has 2 aromatic rings. The van der Waals surface area contributed by atoms with Crippen molar-refractivity contribution in [3.05, 3.63) is 54.1 Å². The maximum atomic E-state index is 12.6. The van der Waals surface area contributed by atoms with Crippen LogP contribution in [-0.2, 0) is 14.3 Å². The van der Waals surface area contributed by atoms with Gasteiger partial charge in [-0.05, 0) is 69.5 Å². The Kier molecular flexibility index (Phi) is 8.29. The van der Waals surface area contributed by atoms with Crippen molar-refractivity contribution in [3.63, 3.8) is 0 Å². The number of hydrogen-bond acceptors (Lipinski definition) is 6. The highest BCUT2D eigenvalue weighted by Gasteiger charge is 2.29. The highest BCUT2D eigenvalue weighted by molar-refractivity contribution is 5.96. The van der Waals surface area contributed by atoms with E-state index in [4.69, 9.17) is 14.2 Å². The molecule has 2 aromatic carbocycles. The molecular formula is C25H30N2O6. The van der Waals surface area contributed by atoms with Crippen molar-refractivity contribution in [1.29, 1.82) is 0 Å². The van der Waals surface area contributed by atoms with Gasteiger partial charge in [0.1, 0.15) is 11.5 Å². The molecule has 1 fully saturated rings. The van der Waals surface area contributed by atoms with Gasteiger partial charge < -0.3 is 24.4 Å². The zero-order chi connectivity index (χ0) is 23.8. The van der Waals surface area contributed by atoms with E-state index >= 15 is 0 Å². The van der Waals surface area contributed by atoms with Crippen LogP contribution in [0.25, 0.3) is 0 Å². The largest absolute Gasteiger partial charge is 0.495 e. The minimum Gasteiger partial charge on any atom is -0.495 e.